The van der Waals surface area contributed by atoms with Crippen LogP contribution in [0.4, 0.5) is 0 Å². The number of aliphatic hydroxyl groups is 1. The molecule has 0 saturated heterocycles. The molecule has 90 valence electrons. The molecule has 2 rings (SSSR count). The van der Waals surface area contributed by atoms with Crippen LogP contribution in [-0.2, 0) is 12.0 Å². The summed E-state index contributed by atoms with van der Waals surface area (Å²) in [6, 6.07) is 8.17. The molecule has 0 aliphatic heterocycles. The zero-order valence-corrected chi connectivity index (χ0v) is 10.5. The average Bonchev–Trinajstić information content (AvgIpc) is 2.67. The Morgan fingerprint density at radius 1 is 1.18 bits per heavy atom. The third-order valence-electron chi connectivity index (χ3n) is 2.97. The van der Waals surface area contributed by atoms with Gasteiger partial charge in [-0.25, -0.2) is 0 Å². The van der Waals surface area contributed by atoms with Crippen molar-refractivity contribution in [1.82, 2.24) is 0 Å². The van der Waals surface area contributed by atoms with Gasteiger partial charge in [0.05, 0.1) is 18.1 Å². The molecule has 17 heavy (non-hydrogen) atoms. The minimum Gasteiger partial charge on any atom is -0.472 e. The minimum atomic E-state index is -0.882. The van der Waals surface area contributed by atoms with Crippen molar-refractivity contribution >= 4 is 0 Å². The molecular formula is C15H18O2. The van der Waals surface area contributed by atoms with Crippen LogP contribution in [-0.4, -0.2) is 5.11 Å². The van der Waals surface area contributed by atoms with Gasteiger partial charge in [0, 0.05) is 12.0 Å². The fourth-order valence-corrected chi connectivity index (χ4v) is 2.24. The highest BCUT2D eigenvalue weighted by atomic mass is 16.3. The van der Waals surface area contributed by atoms with Crippen LogP contribution in [0, 0.1) is 13.8 Å². The van der Waals surface area contributed by atoms with Gasteiger partial charge in [0.2, 0.25) is 0 Å². The number of aryl methyl sites for hydroxylation is 2. The van der Waals surface area contributed by atoms with E-state index in [1.807, 2.05) is 13.0 Å². The molecule has 1 aromatic heterocycles. The second kappa shape index (κ2) is 4.38. The molecule has 1 aromatic carbocycles. The monoisotopic (exact) mass is 230 g/mol. The number of hydrogen-bond donors (Lipinski definition) is 1. The van der Waals surface area contributed by atoms with E-state index < -0.39 is 5.60 Å². The molecule has 0 aliphatic rings. The van der Waals surface area contributed by atoms with Crippen LogP contribution in [0.15, 0.2) is 41.2 Å². The van der Waals surface area contributed by atoms with Gasteiger partial charge in [-0.15, -0.1) is 0 Å². The first kappa shape index (κ1) is 11.9. The first-order chi connectivity index (χ1) is 7.97. The number of hydrogen-bond acceptors (Lipinski definition) is 2. The summed E-state index contributed by atoms with van der Waals surface area (Å²) in [6.45, 7) is 5.96. The summed E-state index contributed by atoms with van der Waals surface area (Å²) in [6.07, 6.45) is 3.78. The Balaban J connectivity index is 2.26. The Bertz CT molecular complexity index is 475. The maximum Gasteiger partial charge on any atom is 0.0963 e. The third-order valence-corrected chi connectivity index (χ3v) is 2.97. The lowest BCUT2D eigenvalue weighted by Gasteiger charge is -2.22. The molecule has 0 spiro atoms. The van der Waals surface area contributed by atoms with Crippen LogP contribution in [0.2, 0.25) is 0 Å². The summed E-state index contributed by atoms with van der Waals surface area (Å²) in [5.41, 5.74) is 3.53. The van der Waals surface area contributed by atoms with Gasteiger partial charge in [-0.05, 0) is 32.4 Å². The lowest BCUT2D eigenvalue weighted by atomic mass is 9.90. The van der Waals surface area contributed by atoms with Crippen molar-refractivity contribution in [2.45, 2.75) is 32.8 Å². The Morgan fingerprint density at radius 2 is 1.82 bits per heavy atom. The molecule has 0 radical (unpaired) electrons. The zero-order valence-electron chi connectivity index (χ0n) is 10.5. The fourth-order valence-electron chi connectivity index (χ4n) is 2.24. The number of benzene rings is 1. The van der Waals surface area contributed by atoms with Crippen molar-refractivity contribution < 1.29 is 9.52 Å². The summed E-state index contributed by atoms with van der Waals surface area (Å²) in [4.78, 5) is 0. The largest absolute Gasteiger partial charge is 0.472 e. The van der Waals surface area contributed by atoms with E-state index in [4.69, 9.17) is 4.42 Å². The van der Waals surface area contributed by atoms with E-state index in [9.17, 15) is 5.11 Å². The Hall–Kier alpha value is -1.54. The Morgan fingerprint density at radius 3 is 2.35 bits per heavy atom. The molecule has 1 atom stereocenters. The summed E-state index contributed by atoms with van der Waals surface area (Å²) in [7, 11) is 0. The van der Waals surface area contributed by atoms with Crippen LogP contribution in [0.3, 0.4) is 0 Å². The van der Waals surface area contributed by atoms with Gasteiger partial charge in [-0.3, -0.25) is 0 Å². The summed E-state index contributed by atoms with van der Waals surface area (Å²) >= 11 is 0. The Labute approximate surface area is 102 Å². The summed E-state index contributed by atoms with van der Waals surface area (Å²) in [5.74, 6) is 0. The molecule has 2 nitrogen and oxygen atoms in total. The SMILES string of the molecule is Cc1cc(C)cc(CC(C)(O)c2ccoc2)c1. The normalized spacial score (nSPS) is 14.6. The highest BCUT2D eigenvalue weighted by Gasteiger charge is 2.24. The first-order valence-corrected chi connectivity index (χ1v) is 5.79. The maximum absolute atomic E-state index is 10.4. The van der Waals surface area contributed by atoms with Crippen LogP contribution in [0.25, 0.3) is 0 Å². The smallest absolute Gasteiger partial charge is 0.0963 e. The lowest BCUT2D eigenvalue weighted by molar-refractivity contribution is 0.0570. The highest BCUT2D eigenvalue weighted by Crippen LogP contribution is 2.26. The molecule has 1 heterocycles. The Kier molecular flexibility index (Phi) is 3.07. The van der Waals surface area contributed by atoms with E-state index in [-0.39, 0.29) is 0 Å². The third kappa shape index (κ3) is 2.77. The number of furan rings is 1. The van der Waals surface area contributed by atoms with Gasteiger partial charge in [0.25, 0.3) is 0 Å². The predicted octanol–water partition coefficient (Wildman–Crippen LogP) is 3.35. The van der Waals surface area contributed by atoms with Crippen molar-refractivity contribution in [1.29, 1.82) is 0 Å². The van der Waals surface area contributed by atoms with Crippen molar-refractivity contribution in [3.05, 3.63) is 59.0 Å². The van der Waals surface area contributed by atoms with E-state index >= 15 is 0 Å². The van der Waals surface area contributed by atoms with Gasteiger partial charge in [0.15, 0.2) is 0 Å². The standard InChI is InChI=1S/C15H18O2/c1-11-6-12(2)8-13(7-11)9-15(3,16)14-4-5-17-10-14/h4-8,10,16H,9H2,1-3H3. The maximum atomic E-state index is 10.4. The minimum absolute atomic E-state index is 0.592. The van der Waals surface area contributed by atoms with Crippen LogP contribution >= 0.6 is 0 Å². The molecule has 0 saturated carbocycles. The molecule has 0 amide bonds. The van der Waals surface area contributed by atoms with E-state index in [1.165, 1.54) is 11.1 Å². The van der Waals surface area contributed by atoms with Crippen LogP contribution in [0.1, 0.15) is 29.2 Å². The van der Waals surface area contributed by atoms with Crippen LogP contribution < -0.4 is 0 Å². The van der Waals surface area contributed by atoms with E-state index in [2.05, 4.69) is 32.0 Å². The molecule has 1 N–H and O–H groups in total. The van der Waals surface area contributed by atoms with Gasteiger partial charge in [-0.1, -0.05) is 29.3 Å². The van der Waals surface area contributed by atoms with Gasteiger partial charge >= 0.3 is 0 Å². The van der Waals surface area contributed by atoms with Gasteiger partial charge in [-0.2, -0.15) is 0 Å². The topological polar surface area (TPSA) is 33.4 Å². The molecule has 0 fully saturated rings. The highest BCUT2D eigenvalue weighted by molar-refractivity contribution is 5.31. The summed E-state index contributed by atoms with van der Waals surface area (Å²) < 4.78 is 5.03. The van der Waals surface area contributed by atoms with Crippen LogP contribution in [0.5, 0.6) is 0 Å². The molecular weight excluding hydrogens is 212 g/mol. The van der Waals surface area contributed by atoms with E-state index in [0.29, 0.717) is 6.42 Å². The first-order valence-electron chi connectivity index (χ1n) is 5.79. The number of rotatable bonds is 3. The van der Waals surface area contributed by atoms with Crippen molar-refractivity contribution in [2.75, 3.05) is 0 Å². The second-order valence-electron chi connectivity index (χ2n) is 4.96. The summed E-state index contributed by atoms with van der Waals surface area (Å²) in [5, 5.41) is 10.4. The molecule has 0 aliphatic carbocycles. The average molecular weight is 230 g/mol. The van der Waals surface area contributed by atoms with E-state index in [0.717, 1.165) is 11.1 Å². The predicted molar refractivity (Wildman–Crippen MR) is 67.9 cm³/mol. The van der Waals surface area contributed by atoms with Crippen molar-refractivity contribution in [3.8, 4) is 0 Å². The molecule has 2 heteroatoms. The quantitative estimate of drug-likeness (QED) is 0.877. The van der Waals surface area contributed by atoms with E-state index in [1.54, 1.807) is 12.5 Å². The molecule has 2 aromatic rings. The lowest BCUT2D eigenvalue weighted by Crippen LogP contribution is -2.23. The fraction of sp³-hybridized carbons (Fsp3) is 0.333. The second-order valence-corrected chi connectivity index (χ2v) is 4.96. The van der Waals surface area contributed by atoms with Crippen molar-refractivity contribution in [3.63, 3.8) is 0 Å². The van der Waals surface area contributed by atoms with Gasteiger partial charge < -0.3 is 9.52 Å². The van der Waals surface area contributed by atoms with Crippen molar-refractivity contribution in [2.24, 2.45) is 0 Å². The molecule has 1 unspecified atom stereocenters. The zero-order chi connectivity index (χ0) is 12.5. The molecule has 0 bridgehead atoms. The van der Waals surface area contributed by atoms with Gasteiger partial charge in [0.1, 0.15) is 0 Å².